The predicted molar refractivity (Wildman–Crippen MR) is 67.5 cm³/mol. The van der Waals surface area contributed by atoms with Crippen molar-refractivity contribution in [3.8, 4) is 0 Å². The number of aliphatic hydroxyl groups excluding tert-OH is 1. The van der Waals surface area contributed by atoms with Crippen molar-refractivity contribution >= 4 is 0 Å². The van der Waals surface area contributed by atoms with Gasteiger partial charge in [-0.1, -0.05) is 5.16 Å². The van der Waals surface area contributed by atoms with Crippen molar-refractivity contribution in [2.75, 3.05) is 32.7 Å². The first-order valence-electron chi connectivity index (χ1n) is 7.26. The van der Waals surface area contributed by atoms with Crippen LogP contribution in [0.4, 0.5) is 0 Å². The lowest BCUT2D eigenvalue weighted by molar-refractivity contribution is 0.00781. The van der Waals surface area contributed by atoms with Crippen LogP contribution >= 0.6 is 0 Å². The fourth-order valence-electron chi connectivity index (χ4n) is 3.18. The average molecular weight is 264 g/mol. The van der Waals surface area contributed by atoms with Crippen LogP contribution in [-0.2, 0) is 6.42 Å². The molecule has 0 spiro atoms. The summed E-state index contributed by atoms with van der Waals surface area (Å²) in [6, 6.07) is 0.276. The predicted octanol–water partition coefficient (Wildman–Crippen LogP) is 0.0553. The molecule has 3 aliphatic heterocycles. The van der Waals surface area contributed by atoms with Gasteiger partial charge in [-0.05, 0) is 18.8 Å². The van der Waals surface area contributed by atoms with E-state index >= 15 is 0 Å². The van der Waals surface area contributed by atoms with Crippen LogP contribution in [0.1, 0.15) is 30.6 Å². The zero-order valence-corrected chi connectivity index (χ0v) is 11.0. The van der Waals surface area contributed by atoms with Gasteiger partial charge in [0.2, 0.25) is 5.89 Å². The van der Waals surface area contributed by atoms with Crippen LogP contribution in [0, 0.1) is 5.92 Å². The number of rotatable bonds is 4. The minimum atomic E-state index is -0.305. The molecule has 4 heterocycles. The third-order valence-electron chi connectivity index (χ3n) is 4.61. The summed E-state index contributed by atoms with van der Waals surface area (Å²) in [6.07, 6.45) is 2.47. The minimum absolute atomic E-state index is 0.276. The van der Waals surface area contributed by atoms with Gasteiger partial charge in [-0.2, -0.15) is 4.98 Å². The first-order valence-corrected chi connectivity index (χ1v) is 7.26. The van der Waals surface area contributed by atoms with E-state index in [1.807, 2.05) is 0 Å². The van der Waals surface area contributed by atoms with E-state index in [2.05, 4.69) is 19.9 Å². The first kappa shape index (κ1) is 11.8. The molecule has 19 heavy (non-hydrogen) atoms. The highest BCUT2D eigenvalue weighted by atomic mass is 16.5. The summed E-state index contributed by atoms with van der Waals surface area (Å²) >= 11 is 0. The van der Waals surface area contributed by atoms with Gasteiger partial charge in [-0.15, -0.1) is 0 Å². The van der Waals surface area contributed by atoms with E-state index < -0.39 is 0 Å². The summed E-state index contributed by atoms with van der Waals surface area (Å²) < 4.78 is 5.31. The van der Waals surface area contributed by atoms with E-state index in [4.69, 9.17) is 4.52 Å². The molecule has 1 saturated carbocycles. The number of fused-ring (bicyclic) bond motifs is 3. The monoisotopic (exact) mass is 264 g/mol. The molecule has 3 saturated heterocycles. The molecule has 1 aromatic heterocycles. The van der Waals surface area contributed by atoms with Gasteiger partial charge in [-0.25, -0.2) is 0 Å². The topological polar surface area (TPSA) is 65.6 Å². The zero-order valence-electron chi connectivity index (χ0n) is 11.0. The maximum atomic E-state index is 9.92. The van der Waals surface area contributed by atoms with Crippen LogP contribution < -0.4 is 0 Å². The van der Waals surface area contributed by atoms with Crippen LogP contribution in [0.2, 0.25) is 0 Å². The molecule has 0 aromatic carbocycles. The highest BCUT2D eigenvalue weighted by molar-refractivity contribution is 5.02. The number of hydrogen-bond donors (Lipinski definition) is 1. The van der Waals surface area contributed by atoms with Crippen molar-refractivity contribution < 1.29 is 9.63 Å². The Morgan fingerprint density at radius 3 is 2.68 bits per heavy atom. The Morgan fingerprint density at radius 1 is 1.26 bits per heavy atom. The SMILES string of the molecule is OC(Cc1nc(C2CN3CCN2CC3)no1)C1CC1. The number of hydrogen-bond acceptors (Lipinski definition) is 6. The van der Waals surface area contributed by atoms with Gasteiger partial charge in [0, 0.05) is 32.7 Å². The molecular weight excluding hydrogens is 244 g/mol. The van der Waals surface area contributed by atoms with Crippen LogP contribution in [-0.4, -0.2) is 63.9 Å². The van der Waals surface area contributed by atoms with E-state index in [0.29, 0.717) is 18.2 Å². The second-order valence-electron chi connectivity index (χ2n) is 6.01. The summed E-state index contributed by atoms with van der Waals surface area (Å²) in [6.45, 7) is 5.51. The van der Waals surface area contributed by atoms with Gasteiger partial charge in [0.15, 0.2) is 5.82 Å². The Hall–Kier alpha value is -0.980. The van der Waals surface area contributed by atoms with E-state index in [9.17, 15) is 5.11 Å². The number of aliphatic hydroxyl groups is 1. The van der Waals surface area contributed by atoms with Gasteiger partial charge >= 0.3 is 0 Å². The van der Waals surface area contributed by atoms with E-state index in [1.54, 1.807) is 0 Å². The molecule has 1 aliphatic carbocycles. The Labute approximate surface area is 112 Å². The number of nitrogens with zero attached hydrogens (tertiary/aromatic N) is 4. The third-order valence-corrected chi connectivity index (χ3v) is 4.61. The maximum absolute atomic E-state index is 9.92. The standard InChI is InChI=1S/C13H20N4O2/c18-11(9-1-2-9)7-12-14-13(15-19-12)10-8-16-3-5-17(10)6-4-16/h9-11,18H,1-8H2. The smallest absolute Gasteiger partial charge is 0.229 e. The lowest BCUT2D eigenvalue weighted by Crippen LogP contribution is -2.57. The molecule has 2 unspecified atom stereocenters. The molecule has 0 radical (unpaired) electrons. The molecule has 6 heteroatoms. The van der Waals surface area contributed by atoms with Gasteiger partial charge in [0.05, 0.1) is 18.6 Å². The van der Waals surface area contributed by atoms with Gasteiger partial charge < -0.3 is 9.63 Å². The maximum Gasteiger partial charge on any atom is 0.229 e. The molecule has 104 valence electrons. The lowest BCUT2D eigenvalue weighted by atomic mass is 10.1. The Kier molecular flexibility index (Phi) is 2.82. The normalized spacial score (nSPS) is 35.5. The van der Waals surface area contributed by atoms with Gasteiger partial charge in [0.25, 0.3) is 0 Å². The Bertz CT molecular complexity index is 451. The van der Waals surface area contributed by atoms with Gasteiger partial charge in [0.1, 0.15) is 0 Å². The zero-order chi connectivity index (χ0) is 12.8. The van der Waals surface area contributed by atoms with Crippen LogP contribution in [0.5, 0.6) is 0 Å². The van der Waals surface area contributed by atoms with Crippen molar-refractivity contribution in [1.29, 1.82) is 0 Å². The van der Waals surface area contributed by atoms with Crippen molar-refractivity contribution in [3.63, 3.8) is 0 Å². The van der Waals surface area contributed by atoms with Crippen LogP contribution in [0.15, 0.2) is 4.52 Å². The van der Waals surface area contributed by atoms with Crippen molar-refractivity contribution in [1.82, 2.24) is 19.9 Å². The number of aromatic nitrogens is 2. The van der Waals surface area contributed by atoms with Crippen LogP contribution in [0.3, 0.4) is 0 Å². The molecule has 0 amide bonds. The van der Waals surface area contributed by atoms with Crippen molar-refractivity contribution in [2.24, 2.45) is 5.92 Å². The summed E-state index contributed by atoms with van der Waals surface area (Å²) in [5.74, 6) is 1.84. The summed E-state index contributed by atoms with van der Waals surface area (Å²) in [7, 11) is 0. The molecule has 2 atom stereocenters. The van der Waals surface area contributed by atoms with E-state index in [0.717, 1.165) is 51.4 Å². The van der Waals surface area contributed by atoms with E-state index in [1.165, 1.54) is 0 Å². The van der Waals surface area contributed by atoms with Crippen molar-refractivity contribution in [3.05, 3.63) is 11.7 Å². The molecule has 4 fully saturated rings. The van der Waals surface area contributed by atoms with Gasteiger partial charge in [-0.3, -0.25) is 9.80 Å². The molecule has 1 N–H and O–H groups in total. The molecule has 2 bridgehead atoms. The quantitative estimate of drug-likeness (QED) is 0.829. The number of piperazine rings is 3. The second kappa shape index (κ2) is 4.54. The second-order valence-corrected chi connectivity index (χ2v) is 6.01. The highest BCUT2D eigenvalue weighted by Crippen LogP contribution is 2.34. The van der Waals surface area contributed by atoms with Crippen molar-refractivity contribution in [2.45, 2.75) is 31.4 Å². The fourth-order valence-corrected chi connectivity index (χ4v) is 3.18. The molecular formula is C13H20N4O2. The molecule has 5 rings (SSSR count). The summed E-state index contributed by atoms with van der Waals surface area (Å²) in [5.41, 5.74) is 0. The van der Waals surface area contributed by atoms with E-state index in [-0.39, 0.29) is 12.1 Å². The highest BCUT2D eigenvalue weighted by Gasteiger charge is 2.36. The third kappa shape index (κ3) is 2.28. The largest absolute Gasteiger partial charge is 0.392 e. The summed E-state index contributed by atoms with van der Waals surface area (Å²) in [4.78, 5) is 9.39. The summed E-state index contributed by atoms with van der Waals surface area (Å²) in [5, 5.41) is 14.0. The molecule has 6 nitrogen and oxygen atoms in total. The average Bonchev–Trinajstić information content (AvgIpc) is 3.21. The fraction of sp³-hybridized carbons (Fsp3) is 0.846. The Balaban J connectivity index is 1.45. The molecule has 1 aromatic rings. The molecule has 4 aliphatic rings. The minimum Gasteiger partial charge on any atom is -0.392 e. The van der Waals surface area contributed by atoms with Crippen LogP contribution in [0.25, 0.3) is 0 Å². The lowest BCUT2D eigenvalue weighted by Gasteiger charge is -2.46. The Morgan fingerprint density at radius 2 is 2.05 bits per heavy atom. The first-order chi connectivity index (χ1) is 9.29.